The van der Waals surface area contributed by atoms with Gasteiger partial charge >= 0.3 is 5.97 Å². The van der Waals surface area contributed by atoms with Crippen LogP contribution in [0.25, 0.3) is 0 Å². The molecular formula is C16H27NO2. The molecule has 2 rings (SSSR count). The SMILES string of the molecule is CCC1=CC2C(C1)CC2(CN)C(C(=O)O)C(C)(C)C. The van der Waals surface area contributed by atoms with Gasteiger partial charge in [0, 0.05) is 5.41 Å². The summed E-state index contributed by atoms with van der Waals surface area (Å²) in [6.07, 6.45) is 5.55. The molecule has 19 heavy (non-hydrogen) atoms. The Balaban J connectivity index is 2.34. The molecule has 1 saturated carbocycles. The molecule has 3 heteroatoms. The first kappa shape index (κ1) is 14.6. The van der Waals surface area contributed by atoms with Crippen LogP contribution in [0.4, 0.5) is 0 Å². The molecule has 0 spiro atoms. The van der Waals surface area contributed by atoms with Crippen LogP contribution >= 0.6 is 0 Å². The van der Waals surface area contributed by atoms with Crippen LogP contribution in [0.1, 0.15) is 47.0 Å². The molecule has 1 fully saturated rings. The molecule has 0 heterocycles. The molecule has 3 nitrogen and oxygen atoms in total. The molecule has 0 aromatic heterocycles. The second kappa shape index (κ2) is 4.62. The van der Waals surface area contributed by atoms with Crippen LogP contribution < -0.4 is 5.73 Å². The number of hydrogen-bond acceptors (Lipinski definition) is 2. The van der Waals surface area contributed by atoms with Crippen molar-refractivity contribution in [3.05, 3.63) is 11.6 Å². The van der Waals surface area contributed by atoms with E-state index in [0.29, 0.717) is 18.4 Å². The molecule has 2 aliphatic carbocycles. The third kappa shape index (κ3) is 2.12. The number of nitrogens with two attached hydrogens (primary N) is 1. The summed E-state index contributed by atoms with van der Waals surface area (Å²) < 4.78 is 0. The van der Waals surface area contributed by atoms with E-state index >= 15 is 0 Å². The second-order valence-electron chi connectivity index (χ2n) is 7.45. The standard InChI is InChI=1S/C16H27NO2/c1-5-10-6-11-8-16(9-17,12(11)7-10)13(14(18)19)15(2,3)4/h7,11-13H,5-6,8-9,17H2,1-4H3,(H,18,19). The van der Waals surface area contributed by atoms with E-state index in [1.807, 2.05) is 20.8 Å². The summed E-state index contributed by atoms with van der Waals surface area (Å²) in [6, 6.07) is 0. The number of allylic oxidation sites excluding steroid dienone is 2. The van der Waals surface area contributed by atoms with Crippen molar-refractivity contribution in [1.82, 2.24) is 0 Å². The summed E-state index contributed by atoms with van der Waals surface area (Å²) >= 11 is 0. The Labute approximate surface area is 116 Å². The van der Waals surface area contributed by atoms with Crippen molar-refractivity contribution in [2.75, 3.05) is 6.54 Å². The fourth-order valence-corrected chi connectivity index (χ4v) is 4.61. The Kier molecular flexibility index (Phi) is 3.54. The predicted molar refractivity (Wildman–Crippen MR) is 76.7 cm³/mol. The predicted octanol–water partition coefficient (Wildman–Crippen LogP) is 3.05. The van der Waals surface area contributed by atoms with Crippen LogP contribution in [-0.4, -0.2) is 17.6 Å². The maximum Gasteiger partial charge on any atom is 0.307 e. The topological polar surface area (TPSA) is 63.3 Å². The van der Waals surface area contributed by atoms with E-state index in [9.17, 15) is 9.90 Å². The lowest BCUT2D eigenvalue weighted by Gasteiger charge is -2.58. The minimum absolute atomic E-state index is 0.230. The van der Waals surface area contributed by atoms with Crippen LogP contribution in [-0.2, 0) is 4.79 Å². The highest BCUT2D eigenvalue weighted by Crippen LogP contribution is 2.64. The molecule has 108 valence electrons. The summed E-state index contributed by atoms with van der Waals surface area (Å²) in [5.74, 6) is -0.0241. The van der Waals surface area contributed by atoms with Gasteiger partial charge in [0.2, 0.25) is 0 Å². The largest absolute Gasteiger partial charge is 0.481 e. The molecule has 4 unspecified atom stereocenters. The molecule has 0 saturated heterocycles. The van der Waals surface area contributed by atoms with Crippen LogP contribution in [0.15, 0.2) is 11.6 Å². The number of rotatable bonds is 4. The normalized spacial score (nSPS) is 35.3. The van der Waals surface area contributed by atoms with Crippen LogP contribution in [0.2, 0.25) is 0 Å². The summed E-state index contributed by atoms with van der Waals surface area (Å²) in [6.45, 7) is 8.73. The second-order valence-corrected chi connectivity index (χ2v) is 7.45. The third-order valence-electron chi connectivity index (χ3n) is 5.28. The quantitative estimate of drug-likeness (QED) is 0.768. The van der Waals surface area contributed by atoms with Crippen LogP contribution in [0.5, 0.6) is 0 Å². The van der Waals surface area contributed by atoms with E-state index in [0.717, 1.165) is 19.3 Å². The molecule has 0 aromatic rings. The first-order valence-corrected chi connectivity index (χ1v) is 7.38. The average molecular weight is 265 g/mol. The van der Waals surface area contributed by atoms with Gasteiger partial charge in [-0.2, -0.15) is 0 Å². The lowest BCUT2D eigenvalue weighted by atomic mass is 9.46. The molecule has 0 aromatic carbocycles. The van der Waals surface area contributed by atoms with E-state index < -0.39 is 5.97 Å². The Morgan fingerprint density at radius 3 is 2.63 bits per heavy atom. The number of carbonyl (C=O) groups is 1. The zero-order valence-electron chi connectivity index (χ0n) is 12.6. The smallest absolute Gasteiger partial charge is 0.307 e. The van der Waals surface area contributed by atoms with Crippen molar-refractivity contribution < 1.29 is 9.90 Å². The lowest BCUT2D eigenvalue weighted by molar-refractivity contribution is -0.166. The van der Waals surface area contributed by atoms with Gasteiger partial charge in [-0.05, 0) is 43.1 Å². The number of aliphatic carboxylic acids is 1. The van der Waals surface area contributed by atoms with Gasteiger partial charge in [0.15, 0.2) is 0 Å². The average Bonchev–Trinajstić information content (AvgIpc) is 2.61. The van der Waals surface area contributed by atoms with Crippen molar-refractivity contribution in [2.24, 2.45) is 34.3 Å². The minimum atomic E-state index is -0.685. The van der Waals surface area contributed by atoms with Crippen LogP contribution in [0.3, 0.4) is 0 Å². The molecule has 3 N–H and O–H groups in total. The summed E-state index contributed by atoms with van der Waals surface area (Å²) in [5, 5.41) is 9.71. The van der Waals surface area contributed by atoms with Crippen molar-refractivity contribution in [3.8, 4) is 0 Å². The molecule has 4 atom stereocenters. The van der Waals surface area contributed by atoms with E-state index in [-0.39, 0.29) is 16.7 Å². The Morgan fingerprint density at radius 1 is 1.58 bits per heavy atom. The van der Waals surface area contributed by atoms with Gasteiger partial charge in [-0.3, -0.25) is 4.79 Å². The van der Waals surface area contributed by atoms with Crippen molar-refractivity contribution >= 4 is 5.97 Å². The molecule has 0 aliphatic heterocycles. The highest BCUT2D eigenvalue weighted by atomic mass is 16.4. The van der Waals surface area contributed by atoms with Crippen molar-refractivity contribution in [2.45, 2.75) is 47.0 Å². The van der Waals surface area contributed by atoms with E-state index in [4.69, 9.17) is 5.73 Å². The van der Waals surface area contributed by atoms with Gasteiger partial charge in [-0.1, -0.05) is 39.3 Å². The maximum absolute atomic E-state index is 11.8. The number of carboxylic acid groups (broad SMARTS) is 1. The fourth-order valence-electron chi connectivity index (χ4n) is 4.61. The van der Waals surface area contributed by atoms with Gasteiger partial charge in [0.25, 0.3) is 0 Å². The molecule has 0 bridgehead atoms. The van der Waals surface area contributed by atoms with Gasteiger partial charge in [-0.25, -0.2) is 0 Å². The zero-order valence-corrected chi connectivity index (χ0v) is 12.6. The maximum atomic E-state index is 11.8. The van der Waals surface area contributed by atoms with Crippen molar-refractivity contribution in [1.29, 1.82) is 0 Å². The highest BCUT2D eigenvalue weighted by Gasteiger charge is 2.62. The Hall–Kier alpha value is -0.830. The van der Waals surface area contributed by atoms with Crippen LogP contribution in [0, 0.1) is 28.6 Å². The monoisotopic (exact) mass is 265 g/mol. The number of fused-ring (bicyclic) bond motifs is 1. The van der Waals surface area contributed by atoms with E-state index in [1.54, 1.807) is 0 Å². The highest BCUT2D eigenvalue weighted by molar-refractivity contribution is 5.72. The number of hydrogen-bond donors (Lipinski definition) is 2. The minimum Gasteiger partial charge on any atom is -0.481 e. The van der Waals surface area contributed by atoms with Gasteiger partial charge in [0.1, 0.15) is 0 Å². The zero-order chi connectivity index (χ0) is 14.4. The Morgan fingerprint density at radius 2 is 2.21 bits per heavy atom. The first-order chi connectivity index (χ1) is 8.76. The van der Waals surface area contributed by atoms with Gasteiger partial charge in [0.05, 0.1) is 5.92 Å². The summed E-state index contributed by atoms with van der Waals surface area (Å²) in [5.41, 5.74) is 7.06. The van der Waals surface area contributed by atoms with Crippen molar-refractivity contribution in [3.63, 3.8) is 0 Å². The molecule has 0 amide bonds. The summed E-state index contributed by atoms with van der Waals surface area (Å²) in [7, 11) is 0. The van der Waals surface area contributed by atoms with E-state index in [1.165, 1.54) is 5.57 Å². The van der Waals surface area contributed by atoms with E-state index in [2.05, 4.69) is 13.0 Å². The third-order valence-corrected chi connectivity index (χ3v) is 5.28. The molecule has 0 radical (unpaired) electrons. The first-order valence-electron chi connectivity index (χ1n) is 7.38. The summed E-state index contributed by atoms with van der Waals surface area (Å²) in [4.78, 5) is 11.8. The molecule has 2 aliphatic rings. The van der Waals surface area contributed by atoms with Gasteiger partial charge in [-0.15, -0.1) is 0 Å². The molecular weight excluding hydrogens is 238 g/mol. The fraction of sp³-hybridized carbons (Fsp3) is 0.812. The lowest BCUT2D eigenvalue weighted by Crippen LogP contribution is -2.59. The van der Waals surface area contributed by atoms with Gasteiger partial charge < -0.3 is 10.8 Å². The Bertz CT molecular complexity index is 407. The number of carboxylic acids is 1.